The number of benzene rings is 1. The van der Waals surface area contributed by atoms with Crippen molar-refractivity contribution in [1.82, 2.24) is 14.1 Å². The number of aromatic nitrogens is 2. The first-order valence-corrected chi connectivity index (χ1v) is 11.4. The van der Waals surface area contributed by atoms with E-state index in [1.807, 2.05) is 51.1 Å². The normalized spacial score (nSPS) is 18.6. The van der Waals surface area contributed by atoms with Crippen LogP contribution in [0.2, 0.25) is 0 Å². The molecule has 0 N–H and O–H groups in total. The van der Waals surface area contributed by atoms with Crippen molar-refractivity contribution in [2.45, 2.75) is 50.8 Å². The summed E-state index contributed by atoms with van der Waals surface area (Å²) in [6.07, 6.45) is 2.85. The number of para-hydroxylation sites is 1. The van der Waals surface area contributed by atoms with Gasteiger partial charge in [-0.2, -0.15) is 9.40 Å². The Morgan fingerprint density at radius 3 is 2.55 bits per heavy atom. The highest BCUT2D eigenvalue weighted by atomic mass is 32.2. The van der Waals surface area contributed by atoms with E-state index in [9.17, 15) is 13.2 Å². The second-order valence-electron chi connectivity index (χ2n) is 8.33. The van der Waals surface area contributed by atoms with Gasteiger partial charge in [0.15, 0.2) is 0 Å². The molecule has 1 unspecified atom stereocenters. The summed E-state index contributed by atoms with van der Waals surface area (Å²) in [6, 6.07) is 9.44. The lowest BCUT2D eigenvalue weighted by Gasteiger charge is -2.31. The first kappa shape index (κ1) is 21.5. The summed E-state index contributed by atoms with van der Waals surface area (Å²) >= 11 is 0. The van der Waals surface area contributed by atoms with E-state index >= 15 is 0 Å². The number of carbonyl (C=O) groups is 1. The largest absolute Gasteiger partial charge is 0.466 e. The molecule has 29 heavy (non-hydrogen) atoms. The summed E-state index contributed by atoms with van der Waals surface area (Å²) in [5.74, 6) is -0.760. The lowest BCUT2D eigenvalue weighted by Crippen LogP contribution is -2.43. The number of hydrogen-bond acceptors (Lipinski definition) is 5. The number of ether oxygens (including phenoxy) is 1. The van der Waals surface area contributed by atoms with E-state index in [4.69, 9.17) is 4.74 Å². The number of nitrogens with zero attached hydrogens (tertiary/aromatic N) is 3. The van der Waals surface area contributed by atoms with E-state index in [1.165, 1.54) is 4.31 Å². The van der Waals surface area contributed by atoms with Crippen molar-refractivity contribution in [3.05, 3.63) is 42.2 Å². The summed E-state index contributed by atoms with van der Waals surface area (Å²) < 4.78 is 35.2. The Morgan fingerprint density at radius 2 is 1.93 bits per heavy atom. The van der Waals surface area contributed by atoms with E-state index in [-0.39, 0.29) is 17.4 Å². The van der Waals surface area contributed by atoms with Gasteiger partial charge < -0.3 is 4.74 Å². The molecule has 1 saturated heterocycles. The lowest BCUT2D eigenvalue weighted by molar-refractivity contribution is -0.149. The van der Waals surface area contributed by atoms with Gasteiger partial charge in [-0.25, -0.2) is 13.1 Å². The van der Waals surface area contributed by atoms with Crippen LogP contribution in [0.1, 0.15) is 46.2 Å². The number of piperidine rings is 1. The van der Waals surface area contributed by atoms with Gasteiger partial charge in [-0.05, 0) is 31.9 Å². The standard InChI is InChI=1S/C21H29N3O4S/c1-5-28-20(25)16-10-9-13-23(14-16)29(26,27)18-15-24(17-11-7-6-8-12-17)22-19(18)21(2,3)4/h6-8,11-12,15-16H,5,9-10,13-14H2,1-4H3. The van der Waals surface area contributed by atoms with Gasteiger partial charge in [0.05, 0.1) is 30.1 Å². The minimum absolute atomic E-state index is 0.140. The predicted molar refractivity (Wildman–Crippen MR) is 110 cm³/mol. The van der Waals surface area contributed by atoms with Gasteiger partial charge in [0.2, 0.25) is 10.0 Å². The van der Waals surface area contributed by atoms with Crippen LogP contribution in [0.25, 0.3) is 5.69 Å². The van der Waals surface area contributed by atoms with Crippen molar-refractivity contribution in [3.8, 4) is 5.69 Å². The van der Waals surface area contributed by atoms with Crippen LogP contribution in [0.3, 0.4) is 0 Å². The van der Waals surface area contributed by atoms with Gasteiger partial charge in [-0.15, -0.1) is 0 Å². The maximum absolute atomic E-state index is 13.5. The summed E-state index contributed by atoms with van der Waals surface area (Å²) in [7, 11) is -3.80. The summed E-state index contributed by atoms with van der Waals surface area (Å²) in [4.78, 5) is 12.4. The highest BCUT2D eigenvalue weighted by molar-refractivity contribution is 7.89. The fraction of sp³-hybridized carbons (Fsp3) is 0.524. The van der Waals surface area contributed by atoms with Crippen molar-refractivity contribution in [3.63, 3.8) is 0 Å². The van der Waals surface area contributed by atoms with Crippen molar-refractivity contribution >= 4 is 16.0 Å². The molecule has 1 aliphatic rings. The van der Waals surface area contributed by atoms with E-state index < -0.39 is 21.4 Å². The molecule has 1 fully saturated rings. The van der Waals surface area contributed by atoms with Crippen molar-refractivity contribution in [2.24, 2.45) is 5.92 Å². The molecule has 158 valence electrons. The number of carbonyl (C=O) groups excluding carboxylic acids is 1. The summed E-state index contributed by atoms with van der Waals surface area (Å²) in [5, 5.41) is 4.62. The minimum atomic E-state index is -3.80. The quantitative estimate of drug-likeness (QED) is 0.696. The van der Waals surface area contributed by atoms with Crippen LogP contribution in [-0.4, -0.2) is 48.2 Å². The average molecular weight is 420 g/mol. The zero-order valence-corrected chi connectivity index (χ0v) is 18.3. The molecule has 7 nitrogen and oxygen atoms in total. The second kappa shape index (κ2) is 8.28. The number of sulfonamides is 1. The van der Waals surface area contributed by atoms with Gasteiger partial charge in [0.1, 0.15) is 4.90 Å². The van der Waals surface area contributed by atoms with Crippen molar-refractivity contribution in [2.75, 3.05) is 19.7 Å². The monoisotopic (exact) mass is 419 g/mol. The minimum Gasteiger partial charge on any atom is -0.466 e. The third-order valence-corrected chi connectivity index (χ3v) is 6.90. The van der Waals surface area contributed by atoms with Crippen LogP contribution < -0.4 is 0 Å². The highest BCUT2D eigenvalue weighted by Gasteiger charge is 2.38. The molecule has 1 aliphatic heterocycles. The molecule has 0 radical (unpaired) electrons. The first-order valence-electron chi connectivity index (χ1n) is 9.97. The maximum Gasteiger partial charge on any atom is 0.310 e. The van der Waals surface area contributed by atoms with Crippen LogP contribution in [0.15, 0.2) is 41.4 Å². The molecule has 1 atom stereocenters. The fourth-order valence-electron chi connectivity index (χ4n) is 3.53. The van der Waals surface area contributed by atoms with Crippen molar-refractivity contribution < 1.29 is 17.9 Å². The van der Waals surface area contributed by atoms with Gasteiger partial charge in [0.25, 0.3) is 0 Å². The molecule has 1 aromatic heterocycles. The SMILES string of the molecule is CCOC(=O)C1CCCN(S(=O)(=O)c2cn(-c3ccccc3)nc2C(C)(C)C)C1. The molecule has 3 rings (SSSR count). The Bertz CT molecular complexity index is 962. The molecule has 2 heterocycles. The van der Waals surface area contributed by atoms with Crippen LogP contribution in [0.5, 0.6) is 0 Å². The number of hydrogen-bond donors (Lipinski definition) is 0. The first-order chi connectivity index (χ1) is 13.6. The molecule has 0 aliphatic carbocycles. The number of esters is 1. The average Bonchev–Trinajstić information content (AvgIpc) is 3.16. The maximum atomic E-state index is 13.5. The summed E-state index contributed by atoms with van der Waals surface area (Å²) in [5.41, 5.74) is 0.848. The zero-order valence-electron chi connectivity index (χ0n) is 17.5. The van der Waals surface area contributed by atoms with Gasteiger partial charge in [-0.3, -0.25) is 4.79 Å². The van der Waals surface area contributed by atoms with E-state index in [2.05, 4.69) is 5.10 Å². The predicted octanol–water partition coefficient (Wildman–Crippen LogP) is 3.13. The van der Waals surface area contributed by atoms with E-state index in [0.717, 1.165) is 5.69 Å². The number of rotatable bonds is 5. The zero-order chi connectivity index (χ0) is 21.2. The Labute approximate surface area is 172 Å². The molecular weight excluding hydrogens is 390 g/mol. The topological polar surface area (TPSA) is 81.5 Å². The lowest BCUT2D eigenvalue weighted by atomic mass is 9.92. The molecular formula is C21H29N3O4S. The smallest absolute Gasteiger partial charge is 0.310 e. The van der Waals surface area contributed by atoms with E-state index in [1.54, 1.807) is 17.8 Å². The Balaban J connectivity index is 1.99. The second-order valence-corrected chi connectivity index (χ2v) is 10.2. The highest BCUT2D eigenvalue weighted by Crippen LogP contribution is 2.32. The van der Waals surface area contributed by atoms with Crippen LogP contribution in [0, 0.1) is 5.92 Å². The van der Waals surface area contributed by atoms with Gasteiger partial charge >= 0.3 is 5.97 Å². The van der Waals surface area contributed by atoms with Crippen LogP contribution >= 0.6 is 0 Å². The molecule has 0 saturated carbocycles. The van der Waals surface area contributed by atoms with Crippen LogP contribution in [0.4, 0.5) is 0 Å². The summed E-state index contributed by atoms with van der Waals surface area (Å²) in [6.45, 7) is 8.41. The fourth-order valence-corrected chi connectivity index (χ4v) is 5.38. The molecule has 1 aromatic carbocycles. The molecule has 0 bridgehead atoms. The van der Waals surface area contributed by atoms with Crippen LogP contribution in [-0.2, 0) is 25.0 Å². The molecule has 8 heteroatoms. The molecule has 2 aromatic rings. The van der Waals surface area contributed by atoms with Crippen molar-refractivity contribution in [1.29, 1.82) is 0 Å². The Kier molecular flexibility index (Phi) is 6.14. The third kappa shape index (κ3) is 4.53. The Morgan fingerprint density at radius 1 is 1.24 bits per heavy atom. The third-order valence-electron chi connectivity index (χ3n) is 5.03. The molecule has 0 spiro atoms. The Hall–Kier alpha value is -2.19. The molecule has 0 amide bonds. The van der Waals surface area contributed by atoms with E-state index in [0.29, 0.717) is 31.7 Å². The van der Waals surface area contributed by atoms with Gasteiger partial charge in [0, 0.05) is 18.5 Å². The van der Waals surface area contributed by atoms with Gasteiger partial charge in [-0.1, -0.05) is 39.0 Å².